The number of hydrogen-bond acceptors (Lipinski definition) is 3. The van der Waals surface area contributed by atoms with E-state index in [0.717, 1.165) is 5.57 Å². The van der Waals surface area contributed by atoms with Crippen LogP contribution in [0, 0.1) is 0 Å². The summed E-state index contributed by atoms with van der Waals surface area (Å²) in [6.45, 7) is 0. The highest BCUT2D eigenvalue weighted by Gasteiger charge is 2.18. The molecule has 0 amide bonds. The zero-order valence-corrected chi connectivity index (χ0v) is 8.56. The number of ketones is 1. The van der Waals surface area contributed by atoms with Crippen LogP contribution in [0.25, 0.3) is 5.57 Å². The lowest BCUT2D eigenvalue weighted by molar-refractivity contribution is -0.114. The second kappa shape index (κ2) is 3.81. The summed E-state index contributed by atoms with van der Waals surface area (Å²) in [5, 5.41) is 8.92. The minimum atomic E-state index is -1.05. The van der Waals surface area contributed by atoms with Gasteiger partial charge in [-0.05, 0) is 24.1 Å². The number of benzene rings is 1. The molecule has 0 heterocycles. The van der Waals surface area contributed by atoms with Crippen molar-refractivity contribution in [1.82, 2.24) is 0 Å². The average Bonchev–Trinajstić information content (AvgIpc) is 2.64. The Morgan fingerprint density at radius 3 is 2.62 bits per heavy atom. The predicted molar refractivity (Wildman–Crippen MR) is 60.0 cm³/mol. The minimum absolute atomic E-state index is 0.0649. The molecule has 16 heavy (non-hydrogen) atoms. The number of anilines is 1. The van der Waals surface area contributed by atoms with Gasteiger partial charge in [-0.1, -0.05) is 12.1 Å². The van der Waals surface area contributed by atoms with Crippen molar-refractivity contribution < 1.29 is 14.7 Å². The first-order chi connectivity index (χ1) is 7.59. The standard InChI is InChI=1S/C12H11NO3/c13-11-9(7-4-5-8(14)6-7)2-1-3-10(11)12(15)16/h1-3,6H,4-5,13H2,(H,15,16). The maximum absolute atomic E-state index is 11.1. The van der Waals surface area contributed by atoms with Gasteiger partial charge in [-0.15, -0.1) is 0 Å². The van der Waals surface area contributed by atoms with Gasteiger partial charge >= 0.3 is 5.97 Å². The zero-order chi connectivity index (χ0) is 11.7. The van der Waals surface area contributed by atoms with Crippen LogP contribution in [0.5, 0.6) is 0 Å². The number of carboxylic acid groups (broad SMARTS) is 1. The fraction of sp³-hybridized carbons (Fsp3) is 0.167. The molecule has 0 spiro atoms. The maximum Gasteiger partial charge on any atom is 0.337 e. The molecule has 2 rings (SSSR count). The largest absolute Gasteiger partial charge is 0.478 e. The second-order valence-electron chi connectivity index (χ2n) is 3.71. The number of rotatable bonds is 2. The van der Waals surface area contributed by atoms with Gasteiger partial charge in [-0.3, -0.25) is 4.79 Å². The van der Waals surface area contributed by atoms with E-state index in [0.29, 0.717) is 18.4 Å². The van der Waals surface area contributed by atoms with Crippen LogP contribution < -0.4 is 5.73 Å². The van der Waals surface area contributed by atoms with Gasteiger partial charge in [0.25, 0.3) is 0 Å². The van der Waals surface area contributed by atoms with Crippen molar-refractivity contribution in [1.29, 1.82) is 0 Å². The Labute approximate surface area is 92.4 Å². The molecular formula is C12H11NO3. The number of carboxylic acids is 1. The molecule has 0 unspecified atom stereocenters. The Balaban J connectivity index is 2.50. The highest BCUT2D eigenvalue weighted by Crippen LogP contribution is 2.31. The molecule has 1 aliphatic carbocycles. The first kappa shape index (κ1) is 10.4. The van der Waals surface area contributed by atoms with Gasteiger partial charge in [0.1, 0.15) is 0 Å². The normalized spacial score (nSPS) is 15.0. The third kappa shape index (κ3) is 1.69. The van der Waals surface area contributed by atoms with E-state index in [-0.39, 0.29) is 17.0 Å². The van der Waals surface area contributed by atoms with Gasteiger partial charge in [0.15, 0.2) is 5.78 Å². The first-order valence-electron chi connectivity index (χ1n) is 4.95. The van der Waals surface area contributed by atoms with Crippen molar-refractivity contribution in [2.45, 2.75) is 12.8 Å². The zero-order valence-electron chi connectivity index (χ0n) is 8.56. The SMILES string of the molecule is Nc1c(C(=O)O)cccc1C1=CC(=O)CC1. The summed E-state index contributed by atoms with van der Waals surface area (Å²) in [4.78, 5) is 22.0. The number of carbonyl (C=O) groups is 2. The number of allylic oxidation sites excluding steroid dienone is 2. The summed E-state index contributed by atoms with van der Waals surface area (Å²) in [6.07, 6.45) is 2.65. The molecule has 0 aromatic heterocycles. The third-order valence-electron chi connectivity index (χ3n) is 2.66. The summed E-state index contributed by atoms with van der Waals surface area (Å²) < 4.78 is 0. The van der Waals surface area contributed by atoms with Crippen molar-refractivity contribution in [3.05, 3.63) is 35.4 Å². The summed E-state index contributed by atoms with van der Waals surface area (Å²) >= 11 is 0. The van der Waals surface area contributed by atoms with Crippen LogP contribution in [0.3, 0.4) is 0 Å². The van der Waals surface area contributed by atoms with Crippen molar-refractivity contribution in [3.63, 3.8) is 0 Å². The Kier molecular flexibility index (Phi) is 2.48. The highest BCUT2D eigenvalue weighted by molar-refractivity contribution is 6.04. The summed E-state index contributed by atoms with van der Waals surface area (Å²) in [5.41, 5.74) is 7.57. The van der Waals surface area contributed by atoms with Crippen molar-refractivity contribution in [3.8, 4) is 0 Å². The molecule has 0 saturated heterocycles. The molecule has 4 nitrogen and oxygen atoms in total. The van der Waals surface area contributed by atoms with Crippen LogP contribution in [0.15, 0.2) is 24.3 Å². The number of hydrogen-bond donors (Lipinski definition) is 2. The molecule has 1 aromatic rings. The maximum atomic E-state index is 11.1. The van der Waals surface area contributed by atoms with E-state index >= 15 is 0 Å². The Hall–Kier alpha value is -2.10. The molecule has 0 radical (unpaired) electrons. The lowest BCUT2D eigenvalue weighted by atomic mass is 10.00. The molecular weight excluding hydrogens is 206 g/mol. The fourth-order valence-electron chi connectivity index (χ4n) is 1.84. The topological polar surface area (TPSA) is 80.4 Å². The highest BCUT2D eigenvalue weighted by atomic mass is 16.4. The van der Waals surface area contributed by atoms with Gasteiger partial charge in [-0.25, -0.2) is 4.79 Å². The fourth-order valence-corrected chi connectivity index (χ4v) is 1.84. The van der Waals surface area contributed by atoms with E-state index < -0.39 is 5.97 Å². The number of nitrogen functional groups attached to an aromatic ring is 1. The molecule has 1 aliphatic rings. The minimum Gasteiger partial charge on any atom is -0.478 e. The monoisotopic (exact) mass is 217 g/mol. The average molecular weight is 217 g/mol. The van der Waals surface area contributed by atoms with E-state index in [1.165, 1.54) is 12.1 Å². The molecule has 82 valence electrons. The number of carbonyl (C=O) groups excluding carboxylic acids is 1. The number of aromatic carboxylic acids is 1. The predicted octanol–water partition coefficient (Wildman–Crippen LogP) is 1.71. The van der Waals surface area contributed by atoms with E-state index in [2.05, 4.69) is 0 Å². The summed E-state index contributed by atoms with van der Waals surface area (Å²) in [7, 11) is 0. The van der Waals surface area contributed by atoms with Crippen LogP contribution in [0.2, 0.25) is 0 Å². The molecule has 0 atom stereocenters. The third-order valence-corrected chi connectivity index (χ3v) is 2.66. The molecule has 0 aliphatic heterocycles. The quantitative estimate of drug-likeness (QED) is 0.739. The lowest BCUT2D eigenvalue weighted by Gasteiger charge is -2.08. The van der Waals surface area contributed by atoms with E-state index in [1.807, 2.05) is 0 Å². The van der Waals surface area contributed by atoms with Crippen LogP contribution in [0.1, 0.15) is 28.8 Å². The van der Waals surface area contributed by atoms with E-state index in [9.17, 15) is 9.59 Å². The van der Waals surface area contributed by atoms with E-state index in [1.54, 1.807) is 12.1 Å². The Bertz CT molecular complexity index is 503. The molecule has 4 heteroatoms. The van der Waals surface area contributed by atoms with Crippen molar-refractivity contribution >= 4 is 23.0 Å². The van der Waals surface area contributed by atoms with Gasteiger partial charge < -0.3 is 10.8 Å². The van der Waals surface area contributed by atoms with Crippen molar-refractivity contribution in [2.24, 2.45) is 0 Å². The van der Waals surface area contributed by atoms with Crippen molar-refractivity contribution in [2.75, 3.05) is 5.73 Å². The van der Waals surface area contributed by atoms with Gasteiger partial charge in [0.2, 0.25) is 0 Å². The number of para-hydroxylation sites is 1. The summed E-state index contributed by atoms with van der Waals surface area (Å²) in [6, 6.07) is 4.84. The van der Waals surface area contributed by atoms with E-state index in [4.69, 9.17) is 10.8 Å². The number of nitrogens with two attached hydrogens (primary N) is 1. The first-order valence-corrected chi connectivity index (χ1v) is 4.95. The Morgan fingerprint density at radius 2 is 2.06 bits per heavy atom. The second-order valence-corrected chi connectivity index (χ2v) is 3.71. The van der Waals surface area contributed by atoms with Crippen LogP contribution in [-0.2, 0) is 4.79 Å². The van der Waals surface area contributed by atoms with Gasteiger partial charge in [0, 0.05) is 12.0 Å². The Morgan fingerprint density at radius 1 is 1.31 bits per heavy atom. The molecule has 3 N–H and O–H groups in total. The molecule has 0 fully saturated rings. The lowest BCUT2D eigenvalue weighted by Crippen LogP contribution is -2.04. The molecule has 1 aromatic carbocycles. The molecule has 0 bridgehead atoms. The summed E-state index contributed by atoms with van der Waals surface area (Å²) in [5.74, 6) is -0.987. The van der Waals surface area contributed by atoms with Gasteiger partial charge in [0.05, 0.1) is 11.3 Å². The van der Waals surface area contributed by atoms with Crippen LogP contribution in [0.4, 0.5) is 5.69 Å². The smallest absolute Gasteiger partial charge is 0.337 e. The molecule has 0 saturated carbocycles. The van der Waals surface area contributed by atoms with Crippen LogP contribution >= 0.6 is 0 Å². The van der Waals surface area contributed by atoms with Gasteiger partial charge in [-0.2, -0.15) is 0 Å². The van der Waals surface area contributed by atoms with Crippen LogP contribution in [-0.4, -0.2) is 16.9 Å².